The lowest BCUT2D eigenvalue weighted by molar-refractivity contribution is 0.457. The van der Waals surface area contributed by atoms with Crippen molar-refractivity contribution in [3.05, 3.63) is 22.6 Å². The Hall–Kier alpha value is -0.700. The molecule has 1 aliphatic carbocycles. The molecule has 0 heteroatoms. The van der Waals surface area contributed by atoms with Crippen LogP contribution in [0.1, 0.15) is 41.5 Å². The van der Waals surface area contributed by atoms with Crippen molar-refractivity contribution in [3.63, 3.8) is 0 Å². The Kier molecular flexibility index (Phi) is 1.87. The third kappa shape index (κ3) is 1.18. The maximum atomic E-state index is 3.27. The van der Waals surface area contributed by atoms with E-state index in [4.69, 9.17) is 0 Å². The van der Waals surface area contributed by atoms with Crippen molar-refractivity contribution in [1.29, 1.82) is 0 Å². The lowest BCUT2D eigenvalue weighted by Gasteiger charge is -2.01. The van der Waals surface area contributed by atoms with Gasteiger partial charge in [0, 0.05) is 10.8 Å². The van der Waals surface area contributed by atoms with Gasteiger partial charge in [-0.05, 0) is 25.0 Å². The van der Waals surface area contributed by atoms with Crippen molar-refractivity contribution in [2.45, 2.75) is 41.5 Å². The van der Waals surface area contributed by atoms with Gasteiger partial charge in [-0.1, -0.05) is 39.2 Å². The third-order valence-electron chi connectivity index (χ3n) is 3.19. The SMILES string of the molecule is CC(C)=C=C=C1C(C)(C)C1(C)C. The summed E-state index contributed by atoms with van der Waals surface area (Å²) >= 11 is 0. The van der Waals surface area contributed by atoms with Crippen LogP contribution < -0.4 is 0 Å². The van der Waals surface area contributed by atoms with Crippen LogP contribution in [0, 0.1) is 10.8 Å². The van der Waals surface area contributed by atoms with Crippen LogP contribution in [0.2, 0.25) is 0 Å². The Labute approximate surface area is 75.7 Å². The summed E-state index contributed by atoms with van der Waals surface area (Å²) in [6, 6.07) is 0. The van der Waals surface area contributed by atoms with Gasteiger partial charge in [-0.2, -0.15) is 0 Å². The van der Waals surface area contributed by atoms with E-state index in [0.29, 0.717) is 10.8 Å². The molecule has 1 aliphatic rings. The molecule has 1 fully saturated rings. The molecule has 0 nitrogen and oxygen atoms in total. The van der Waals surface area contributed by atoms with E-state index < -0.39 is 0 Å². The van der Waals surface area contributed by atoms with Crippen LogP contribution in [-0.2, 0) is 0 Å². The van der Waals surface area contributed by atoms with E-state index in [-0.39, 0.29) is 0 Å². The molecule has 0 atom stereocenters. The van der Waals surface area contributed by atoms with Gasteiger partial charge in [-0.25, -0.2) is 0 Å². The van der Waals surface area contributed by atoms with Crippen molar-refractivity contribution in [3.8, 4) is 0 Å². The molecule has 0 N–H and O–H groups in total. The van der Waals surface area contributed by atoms with Crippen molar-refractivity contribution in [2.24, 2.45) is 10.8 Å². The molecule has 0 saturated heterocycles. The summed E-state index contributed by atoms with van der Waals surface area (Å²) in [6.07, 6.45) is 0. The largest absolute Gasteiger partial charge is 0.0717 e. The highest BCUT2D eigenvalue weighted by Gasteiger charge is 2.60. The zero-order valence-electron chi connectivity index (χ0n) is 9.00. The molecule has 0 aliphatic heterocycles. The highest BCUT2D eigenvalue weighted by molar-refractivity contribution is 5.40. The predicted octanol–water partition coefficient (Wildman–Crippen LogP) is 3.70. The summed E-state index contributed by atoms with van der Waals surface area (Å²) in [4.78, 5) is 0. The van der Waals surface area contributed by atoms with Gasteiger partial charge in [-0.3, -0.25) is 0 Å². The fourth-order valence-electron chi connectivity index (χ4n) is 1.53. The number of hydrogen-bond acceptors (Lipinski definition) is 0. The normalized spacial score (nSPS) is 22.7. The minimum atomic E-state index is 0.329. The molecule has 1 rings (SSSR count). The van der Waals surface area contributed by atoms with Crippen LogP contribution in [0.15, 0.2) is 22.6 Å². The van der Waals surface area contributed by atoms with E-state index in [9.17, 15) is 0 Å². The van der Waals surface area contributed by atoms with Crippen molar-refractivity contribution >= 4 is 0 Å². The minimum absolute atomic E-state index is 0.329. The maximum absolute atomic E-state index is 3.27. The van der Waals surface area contributed by atoms with Gasteiger partial charge >= 0.3 is 0 Å². The van der Waals surface area contributed by atoms with Crippen LogP contribution in [-0.4, -0.2) is 0 Å². The monoisotopic (exact) mass is 162 g/mol. The van der Waals surface area contributed by atoms with Gasteiger partial charge < -0.3 is 0 Å². The molecule has 0 aromatic carbocycles. The molecule has 0 aromatic rings. The smallest absolute Gasteiger partial charge is 0.00382 e. The quantitative estimate of drug-likeness (QED) is 0.476. The standard InChI is InChI=1S/C12H18/c1-9(2)7-8-10-11(3,4)12(10,5)6/h1-6H3. The van der Waals surface area contributed by atoms with Gasteiger partial charge in [-0.15, -0.1) is 0 Å². The van der Waals surface area contributed by atoms with Crippen molar-refractivity contribution in [2.75, 3.05) is 0 Å². The number of rotatable bonds is 0. The number of hydrogen-bond donors (Lipinski definition) is 0. The first-order chi connectivity index (χ1) is 5.30. The van der Waals surface area contributed by atoms with E-state index in [1.165, 1.54) is 11.1 Å². The summed E-state index contributed by atoms with van der Waals surface area (Å²) in [7, 11) is 0. The lowest BCUT2D eigenvalue weighted by atomic mass is 10.0. The van der Waals surface area contributed by atoms with Gasteiger partial charge in [0.25, 0.3) is 0 Å². The molecule has 0 heterocycles. The fraction of sp³-hybridized carbons (Fsp3) is 0.667. The first-order valence-electron chi connectivity index (χ1n) is 4.50. The highest BCUT2D eigenvalue weighted by Crippen LogP contribution is 2.67. The van der Waals surface area contributed by atoms with Crippen LogP contribution >= 0.6 is 0 Å². The van der Waals surface area contributed by atoms with E-state index in [1.54, 1.807) is 0 Å². The maximum Gasteiger partial charge on any atom is 0.00382 e. The van der Waals surface area contributed by atoms with Crippen LogP contribution in [0.5, 0.6) is 0 Å². The van der Waals surface area contributed by atoms with Gasteiger partial charge in [0.15, 0.2) is 0 Å². The zero-order chi connectivity index (χ0) is 9.57. The van der Waals surface area contributed by atoms with E-state index in [2.05, 4.69) is 53.0 Å². The average molecular weight is 162 g/mol. The second kappa shape index (κ2) is 2.39. The summed E-state index contributed by atoms with van der Waals surface area (Å²) in [5.74, 6) is 0. The molecule has 0 radical (unpaired) electrons. The van der Waals surface area contributed by atoms with Gasteiger partial charge in [0.1, 0.15) is 0 Å². The topological polar surface area (TPSA) is 0 Å². The van der Waals surface area contributed by atoms with Crippen molar-refractivity contribution < 1.29 is 0 Å². The first-order valence-corrected chi connectivity index (χ1v) is 4.50. The lowest BCUT2D eigenvalue weighted by Crippen LogP contribution is -1.95. The Morgan fingerprint density at radius 3 is 1.67 bits per heavy atom. The summed E-state index contributed by atoms with van der Waals surface area (Å²) in [5.41, 5.74) is 9.67. The molecular weight excluding hydrogens is 144 g/mol. The van der Waals surface area contributed by atoms with Gasteiger partial charge in [0.05, 0.1) is 0 Å². The molecule has 12 heavy (non-hydrogen) atoms. The van der Waals surface area contributed by atoms with E-state index >= 15 is 0 Å². The Balaban J connectivity index is 3.16. The molecule has 66 valence electrons. The molecule has 0 amide bonds. The van der Waals surface area contributed by atoms with E-state index in [1.807, 2.05) is 0 Å². The van der Waals surface area contributed by atoms with Crippen molar-refractivity contribution in [1.82, 2.24) is 0 Å². The predicted molar refractivity (Wildman–Crippen MR) is 53.0 cm³/mol. The Morgan fingerprint density at radius 1 is 1.00 bits per heavy atom. The fourth-order valence-corrected chi connectivity index (χ4v) is 1.53. The molecule has 0 unspecified atom stereocenters. The van der Waals surface area contributed by atoms with Gasteiger partial charge in [0.2, 0.25) is 0 Å². The molecule has 1 saturated carbocycles. The Morgan fingerprint density at radius 2 is 1.42 bits per heavy atom. The molecule has 0 spiro atoms. The number of allylic oxidation sites excluding steroid dienone is 2. The zero-order valence-corrected chi connectivity index (χ0v) is 9.00. The summed E-state index contributed by atoms with van der Waals surface area (Å²) in [5, 5.41) is 0. The molecular formula is C12H18. The minimum Gasteiger partial charge on any atom is -0.0717 e. The molecule has 0 aromatic heterocycles. The second-order valence-corrected chi connectivity index (χ2v) is 4.88. The Bertz CT molecular complexity index is 281. The highest BCUT2D eigenvalue weighted by atomic mass is 14.6. The van der Waals surface area contributed by atoms with Crippen LogP contribution in [0.3, 0.4) is 0 Å². The van der Waals surface area contributed by atoms with Crippen LogP contribution in [0.4, 0.5) is 0 Å². The molecule has 0 bridgehead atoms. The third-order valence-corrected chi connectivity index (χ3v) is 3.19. The summed E-state index contributed by atoms with van der Waals surface area (Å²) in [6.45, 7) is 13.2. The summed E-state index contributed by atoms with van der Waals surface area (Å²) < 4.78 is 0. The van der Waals surface area contributed by atoms with Crippen LogP contribution in [0.25, 0.3) is 0 Å². The average Bonchev–Trinajstić information content (AvgIpc) is 2.21. The second-order valence-electron chi connectivity index (χ2n) is 4.88. The van der Waals surface area contributed by atoms with E-state index in [0.717, 1.165) is 0 Å². The first kappa shape index (κ1) is 9.39.